The molecule has 0 aliphatic heterocycles. The van der Waals surface area contributed by atoms with Gasteiger partial charge in [-0.25, -0.2) is 4.98 Å². The van der Waals surface area contributed by atoms with Crippen molar-refractivity contribution in [2.75, 3.05) is 20.1 Å². The van der Waals surface area contributed by atoms with E-state index in [2.05, 4.69) is 35.3 Å². The molecule has 0 aromatic carbocycles. The summed E-state index contributed by atoms with van der Waals surface area (Å²) in [6, 6.07) is 0. The SMILES string of the molecule is CC(C)CC(CN)CN(C)Cc1nccn1C. The maximum atomic E-state index is 5.83. The zero-order chi connectivity index (χ0) is 12.8. The van der Waals surface area contributed by atoms with Crippen molar-refractivity contribution in [2.24, 2.45) is 24.6 Å². The fraction of sp³-hybridized carbons (Fsp3) is 0.769. The molecule has 1 atom stereocenters. The third kappa shape index (κ3) is 4.88. The molecule has 1 aromatic rings. The number of rotatable bonds is 7. The van der Waals surface area contributed by atoms with Crippen LogP contribution in [0, 0.1) is 11.8 Å². The maximum Gasteiger partial charge on any atom is 0.122 e. The van der Waals surface area contributed by atoms with E-state index >= 15 is 0 Å². The Bertz CT molecular complexity index is 319. The highest BCUT2D eigenvalue weighted by Crippen LogP contribution is 2.12. The van der Waals surface area contributed by atoms with Crippen LogP contribution in [0.3, 0.4) is 0 Å². The Morgan fingerprint density at radius 3 is 2.65 bits per heavy atom. The minimum absolute atomic E-state index is 0.584. The first-order valence-corrected chi connectivity index (χ1v) is 6.37. The zero-order valence-electron chi connectivity index (χ0n) is 11.6. The molecule has 0 bridgehead atoms. The normalized spacial score (nSPS) is 13.6. The minimum Gasteiger partial charge on any atom is -0.337 e. The molecule has 0 spiro atoms. The summed E-state index contributed by atoms with van der Waals surface area (Å²) in [6.45, 7) is 7.20. The zero-order valence-corrected chi connectivity index (χ0v) is 11.6. The third-order valence-corrected chi connectivity index (χ3v) is 3.04. The van der Waals surface area contributed by atoms with Crippen LogP contribution in [0.4, 0.5) is 0 Å². The largest absolute Gasteiger partial charge is 0.337 e. The molecule has 1 heterocycles. The molecule has 0 fully saturated rings. The van der Waals surface area contributed by atoms with Gasteiger partial charge in [-0.2, -0.15) is 0 Å². The molecule has 1 aromatic heterocycles. The number of aryl methyl sites for hydroxylation is 1. The first-order valence-electron chi connectivity index (χ1n) is 6.37. The molecule has 4 heteroatoms. The molecule has 0 amide bonds. The van der Waals surface area contributed by atoms with Crippen LogP contribution in [0.5, 0.6) is 0 Å². The lowest BCUT2D eigenvalue weighted by atomic mass is 9.97. The van der Waals surface area contributed by atoms with Crippen molar-refractivity contribution in [1.29, 1.82) is 0 Å². The van der Waals surface area contributed by atoms with Crippen LogP contribution < -0.4 is 5.73 Å². The Hall–Kier alpha value is -0.870. The minimum atomic E-state index is 0.584. The van der Waals surface area contributed by atoms with Crippen LogP contribution in [0.15, 0.2) is 12.4 Å². The van der Waals surface area contributed by atoms with Crippen molar-refractivity contribution in [3.8, 4) is 0 Å². The van der Waals surface area contributed by atoms with E-state index in [1.54, 1.807) is 0 Å². The lowest BCUT2D eigenvalue weighted by Gasteiger charge is -2.24. The van der Waals surface area contributed by atoms with Gasteiger partial charge in [0.2, 0.25) is 0 Å². The Kier molecular flexibility index (Phi) is 5.65. The summed E-state index contributed by atoms with van der Waals surface area (Å²) < 4.78 is 2.07. The van der Waals surface area contributed by atoms with Crippen molar-refractivity contribution in [2.45, 2.75) is 26.8 Å². The molecule has 2 N–H and O–H groups in total. The van der Waals surface area contributed by atoms with Gasteiger partial charge in [0.15, 0.2) is 0 Å². The van der Waals surface area contributed by atoms with E-state index < -0.39 is 0 Å². The number of imidazole rings is 1. The number of hydrogen-bond donors (Lipinski definition) is 1. The molecule has 1 unspecified atom stereocenters. The average molecular weight is 238 g/mol. The quantitative estimate of drug-likeness (QED) is 0.782. The van der Waals surface area contributed by atoms with Crippen LogP contribution in [-0.2, 0) is 13.6 Å². The van der Waals surface area contributed by atoms with Gasteiger partial charge in [-0.15, -0.1) is 0 Å². The highest BCUT2D eigenvalue weighted by molar-refractivity contribution is 4.90. The van der Waals surface area contributed by atoms with Crippen molar-refractivity contribution in [3.63, 3.8) is 0 Å². The second-order valence-corrected chi connectivity index (χ2v) is 5.38. The van der Waals surface area contributed by atoms with Gasteiger partial charge in [0, 0.05) is 26.0 Å². The molecule has 0 aliphatic rings. The summed E-state index contributed by atoms with van der Waals surface area (Å²) in [7, 11) is 4.17. The number of nitrogens with zero attached hydrogens (tertiary/aromatic N) is 3. The second-order valence-electron chi connectivity index (χ2n) is 5.38. The van der Waals surface area contributed by atoms with Crippen molar-refractivity contribution >= 4 is 0 Å². The van der Waals surface area contributed by atoms with Crippen LogP contribution in [0.1, 0.15) is 26.1 Å². The van der Waals surface area contributed by atoms with E-state index in [1.165, 1.54) is 6.42 Å². The van der Waals surface area contributed by atoms with Gasteiger partial charge < -0.3 is 10.3 Å². The second kappa shape index (κ2) is 6.77. The summed E-state index contributed by atoms with van der Waals surface area (Å²) in [4.78, 5) is 6.65. The molecular formula is C13H26N4. The number of nitrogens with two attached hydrogens (primary N) is 1. The van der Waals surface area contributed by atoms with E-state index in [-0.39, 0.29) is 0 Å². The van der Waals surface area contributed by atoms with Gasteiger partial charge in [0.1, 0.15) is 5.82 Å². The highest BCUT2D eigenvalue weighted by Gasteiger charge is 2.13. The topological polar surface area (TPSA) is 47.1 Å². The average Bonchev–Trinajstić information content (AvgIpc) is 2.62. The summed E-state index contributed by atoms with van der Waals surface area (Å²) >= 11 is 0. The van der Waals surface area contributed by atoms with Crippen LogP contribution in [0.25, 0.3) is 0 Å². The van der Waals surface area contributed by atoms with Gasteiger partial charge in [0.05, 0.1) is 6.54 Å². The molecule has 17 heavy (non-hydrogen) atoms. The molecule has 0 saturated carbocycles. The maximum absolute atomic E-state index is 5.83. The molecular weight excluding hydrogens is 212 g/mol. The number of hydrogen-bond acceptors (Lipinski definition) is 3. The monoisotopic (exact) mass is 238 g/mol. The molecule has 0 radical (unpaired) electrons. The Morgan fingerprint density at radius 2 is 2.18 bits per heavy atom. The molecule has 0 aliphatic carbocycles. The fourth-order valence-corrected chi connectivity index (χ4v) is 2.21. The predicted octanol–water partition coefficient (Wildman–Crippen LogP) is 1.47. The van der Waals surface area contributed by atoms with Crippen LogP contribution >= 0.6 is 0 Å². The highest BCUT2D eigenvalue weighted by atomic mass is 15.2. The molecule has 0 saturated heterocycles. The standard InChI is InChI=1S/C13H26N4/c1-11(2)7-12(8-14)9-16(3)10-13-15-5-6-17(13)4/h5-6,11-12H,7-10,14H2,1-4H3. The summed E-state index contributed by atoms with van der Waals surface area (Å²) in [6.07, 6.45) is 5.02. The van der Waals surface area contributed by atoms with Crippen molar-refractivity contribution < 1.29 is 0 Å². The van der Waals surface area contributed by atoms with E-state index in [0.29, 0.717) is 11.8 Å². The van der Waals surface area contributed by atoms with Gasteiger partial charge in [0.25, 0.3) is 0 Å². The van der Waals surface area contributed by atoms with Gasteiger partial charge in [-0.1, -0.05) is 13.8 Å². The summed E-state index contributed by atoms with van der Waals surface area (Å²) in [5.41, 5.74) is 5.83. The van der Waals surface area contributed by atoms with E-state index in [4.69, 9.17) is 5.73 Å². The number of aromatic nitrogens is 2. The van der Waals surface area contributed by atoms with Crippen molar-refractivity contribution in [3.05, 3.63) is 18.2 Å². The van der Waals surface area contributed by atoms with E-state index in [9.17, 15) is 0 Å². The first kappa shape index (κ1) is 14.2. The Labute approximate surface area is 105 Å². The van der Waals surface area contributed by atoms with Gasteiger partial charge >= 0.3 is 0 Å². The van der Waals surface area contributed by atoms with Gasteiger partial charge in [-0.05, 0) is 31.8 Å². The molecule has 98 valence electrons. The van der Waals surface area contributed by atoms with Crippen LogP contribution in [-0.4, -0.2) is 34.6 Å². The molecule has 4 nitrogen and oxygen atoms in total. The predicted molar refractivity (Wildman–Crippen MR) is 71.5 cm³/mol. The lowest BCUT2D eigenvalue weighted by molar-refractivity contribution is 0.243. The van der Waals surface area contributed by atoms with Crippen molar-refractivity contribution in [1.82, 2.24) is 14.5 Å². The lowest BCUT2D eigenvalue weighted by Crippen LogP contribution is -2.31. The smallest absolute Gasteiger partial charge is 0.122 e. The van der Waals surface area contributed by atoms with E-state index in [1.807, 2.05) is 19.4 Å². The van der Waals surface area contributed by atoms with E-state index in [0.717, 1.165) is 25.5 Å². The summed E-state index contributed by atoms with van der Waals surface area (Å²) in [5.74, 6) is 2.40. The third-order valence-electron chi connectivity index (χ3n) is 3.04. The molecule has 1 rings (SSSR count). The first-order chi connectivity index (χ1) is 8.02. The van der Waals surface area contributed by atoms with Gasteiger partial charge in [-0.3, -0.25) is 4.90 Å². The van der Waals surface area contributed by atoms with Crippen LogP contribution in [0.2, 0.25) is 0 Å². The Balaban J connectivity index is 2.42. The fourth-order valence-electron chi connectivity index (χ4n) is 2.21. The summed E-state index contributed by atoms with van der Waals surface area (Å²) in [5, 5.41) is 0. The Morgan fingerprint density at radius 1 is 1.47 bits per heavy atom.